The van der Waals surface area contributed by atoms with E-state index in [1.807, 2.05) is 43.0 Å². The second kappa shape index (κ2) is 8.46. The Morgan fingerprint density at radius 2 is 2.00 bits per heavy atom. The maximum atomic E-state index is 12.7. The van der Waals surface area contributed by atoms with Crippen LogP contribution >= 0.6 is 0 Å². The molecule has 0 radical (unpaired) electrons. The largest absolute Gasteiger partial charge is 0.491 e. The molecule has 7 heteroatoms. The molecule has 1 N–H and O–H groups in total. The molecule has 1 aliphatic heterocycles. The van der Waals surface area contributed by atoms with Crippen molar-refractivity contribution in [1.82, 2.24) is 14.7 Å². The average molecular weight is 385 g/mol. The number of aromatic nitrogens is 2. The molecule has 0 saturated carbocycles. The number of carboxylic acids is 1. The van der Waals surface area contributed by atoms with E-state index in [0.29, 0.717) is 25.2 Å². The van der Waals surface area contributed by atoms with Gasteiger partial charge >= 0.3 is 5.97 Å². The number of ether oxygens (including phenoxy) is 1. The van der Waals surface area contributed by atoms with Crippen molar-refractivity contribution in [2.45, 2.75) is 52.2 Å². The third-order valence-electron chi connectivity index (χ3n) is 5.06. The van der Waals surface area contributed by atoms with E-state index in [0.717, 1.165) is 24.2 Å². The predicted octanol–water partition coefficient (Wildman–Crippen LogP) is 3.08. The summed E-state index contributed by atoms with van der Waals surface area (Å²) >= 11 is 0. The smallest absolute Gasteiger partial charge is 0.339 e. The fourth-order valence-electron chi connectivity index (χ4n) is 3.65. The topological polar surface area (TPSA) is 84.7 Å². The van der Waals surface area contributed by atoms with E-state index in [1.54, 1.807) is 11.6 Å². The number of carbonyl (C=O) groups excluding carboxylic acids is 1. The van der Waals surface area contributed by atoms with E-state index in [-0.39, 0.29) is 23.6 Å². The van der Waals surface area contributed by atoms with Crippen LogP contribution in [0.3, 0.4) is 0 Å². The molecule has 150 valence electrons. The first kappa shape index (κ1) is 19.9. The Kier molecular flexibility index (Phi) is 6.02. The molecule has 0 aliphatic carbocycles. The number of rotatable bonds is 6. The molecular formula is C21H27N3O4. The van der Waals surface area contributed by atoms with Crippen LogP contribution in [0.25, 0.3) is 0 Å². The van der Waals surface area contributed by atoms with E-state index in [2.05, 4.69) is 5.10 Å². The van der Waals surface area contributed by atoms with Crippen LogP contribution in [0.5, 0.6) is 5.75 Å². The molecule has 2 aromatic rings. The second-order valence-electron chi connectivity index (χ2n) is 7.50. The molecule has 0 unspecified atom stereocenters. The number of carboxylic acid groups (broad SMARTS) is 1. The Hall–Kier alpha value is -2.83. The van der Waals surface area contributed by atoms with Crippen LogP contribution in [0.1, 0.15) is 54.3 Å². The highest BCUT2D eigenvalue weighted by Gasteiger charge is 2.26. The van der Waals surface area contributed by atoms with E-state index < -0.39 is 5.97 Å². The van der Waals surface area contributed by atoms with Gasteiger partial charge in [-0.1, -0.05) is 12.1 Å². The Bertz CT molecular complexity index is 851. The van der Waals surface area contributed by atoms with Gasteiger partial charge in [-0.2, -0.15) is 5.10 Å². The summed E-state index contributed by atoms with van der Waals surface area (Å²) in [6.07, 6.45) is 3.39. The zero-order valence-electron chi connectivity index (χ0n) is 16.6. The summed E-state index contributed by atoms with van der Waals surface area (Å²) in [6, 6.07) is 7.80. The van der Waals surface area contributed by atoms with Gasteiger partial charge < -0.3 is 14.7 Å². The molecule has 1 fully saturated rings. The zero-order chi connectivity index (χ0) is 20.3. The van der Waals surface area contributed by atoms with Crippen LogP contribution in [0.4, 0.5) is 0 Å². The fraction of sp³-hybridized carbons (Fsp3) is 0.476. The molecule has 7 nitrogen and oxygen atoms in total. The van der Waals surface area contributed by atoms with Crippen LogP contribution in [-0.4, -0.2) is 50.9 Å². The van der Waals surface area contributed by atoms with Crippen LogP contribution in [-0.2, 0) is 11.2 Å². The van der Waals surface area contributed by atoms with Gasteiger partial charge in [-0.05, 0) is 51.3 Å². The Morgan fingerprint density at radius 3 is 2.61 bits per heavy atom. The summed E-state index contributed by atoms with van der Waals surface area (Å²) in [4.78, 5) is 25.8. The van der Waals surface area contributed by atoms with E-state index in [9.17, 15) is 14.7 Å². The van der Waals surface area contributed by atoms with Crippen molar-refractivity contribution >= 4 is 11.9 Å². The van der Waals surface area contributed by atoms with Gasteiger partial charge in [0.1, 0.15) is 11.3 Å². The number of hydrogen-bond acceptors (Lipinski definition) is 4. The third kappa shape index (κ3) is 4.52. The zero-order valence-corrected chi connectivity index (χ0v) is 16.6. The summed E-state index contributed by atoms with van der Waals surface area (Å²) in [6.45, 7) is 7.02. The summed E-state index contributed by atoms with van der Waals surface area (Å²) in [5.41, 5.74) is 1.85. The number of nitrogens with zero attached hydrogens (tertiary/aromatic N) is 3. The van der Waals surface area contributed by atoms with Crippen LogP contribution < -0.4 is 4.74 Å². The minimum atomic E-state index is -0.958. The number of likely N-dealkylation sites (tertiary alicyclic amines) is 1. The summed E-state index contributed by atoms with van der Waals surface area (Å²) in [7, 11) is 0. The van der Waals surface area contributed by atoms with Crippen LogP contribution in [0.2, 0.25) is 0 Å². The Morgan fingerprint density at radius 1 is 1.29 bits per heavy atom. The van der Waals surface area contributed by atoms with Crippen LogP contribution in [0.15, 0.2) is 30.5 Å². The molecule has 0 spiro atoms. The number of benzene rings is 1. The van der Waals surface area contributed by atoms with Crippen molar-refractivity contribution in [2.75, 3.05) is 13.1 Å². The number of piperidine rings is 1. The van der Waals surface area contributed by atoms with Gasteiger partial charge in [0.2, 0.25) is 5.91 Å². The predicted molar refractivity (Wildman–Crippen MR) is 105 cm³/mol. The third-order valence-corrected chi connectivity index (χ3v) is 5.06. The molecule has 28 heavy (non-hydrogen) atoms. The highest BCUT2D eigenvalue weighted by molar-refractivity contribution is 5.88. The van der Waals surface area contributed by atoms with Crippen LogP contribution in [0, 0.1) is 6.92 Å². The quantitative estimate of drug-likeness (QED) is 0.826. The molecule has 1 aromatic carbocycles. The van der Waals surface area contributed by atoms with Gasteiger partial charge in [-0.3, -0.25) is 9.48 Å². The van der Waals surface area contributed by atoms with Gasteiger partial charge in [0, 0.05) is 13.1 Å². The standard InChI is InChI=1S/C21H27N3O4/c1-14(2)28-18-6-4-5-16(11-18)12-20(25)23-9-7-17(8-10-23)24-15(3)19(13-22-24)21(26)27/h4-6,11,13-14,17H,7-10,12H2,1-3H3,(H,26,27). The van der Waals surface area contributed by atoms with E-state index in [4.69, 9.17) is 4.74 Å². The SMILES string of the molecule is Cc1c(C(=O)O)cnn1C1CCN(C(=O)Cc2cccc(OC(C)C)c2)CC1. The lowest BCUT2D eigenvalue weighted by molar-refractivity contribution is -0.131. The van der Waals surface area contributed by atoms with Gasteiger partial charge in [0.05, 0.1) is 30.5 Å². The maximum absolute atomic E-state index is 12.7. The van der Waals surface area contributed by atoms with Gasteiger partial charge in [-0.25, -0.2) is 4.79 Å². The van der Waals surface area contributed by atoms with Crippen molar-refractivity contribution < 1.29 is 19.4 Å². The van der Waals surface area contributed by atoms with Gasteiger partial charge in [0.25, 0.3) is 0 Å². The highest BCUT2D eigenvalue weighted by atomic mass is 16.5. The minimum absolute atomic E-state index is 0.0948. The van der Waals surface area contributed by atoms with Crippen molar-refractivity contribution in [2.24, 2.45) is 0 Å². The lowest BCUT2D eigenvalue weighted by atomic mass is 10.0. The summed E-state index contributed by atoms with van der Waals surface area (Å²) < 4.78 is 7.49. The van der Waals surface area contributed by atoms with Crippen molar-refractivity contribution in [3.63, 3.8) is 0 Å². The molecule has 1 amide bonds. The van der Waals surface area contributed by atoms with Crippen molar-refractivity contribution in [3.8, 4) is 5.75 Å². The molecule has 3 rings (SSSR count). The Balaban J connectivity index is 1.58. The van der Waals surface area contributed by atoms with E-state index >= 15 is 0 Å². The monoisotopic (exact) mass is 385 g/mol. The molecule has 1 aliphatic rings. The minimum Gasteiger partial charge on any atom is -0.491 e. The van der Waals surface area contributed by atoms with Gasteiger partial charge in [-0.15, -0.1) is 0 Å². The number of amides is 1. The van der Waals surface area contributed by atoms with Crippen molar-refractivity contribution in [1.29, 1.82) is 0 Å². The molecule has 0 atom stereocenters. The molecule has 0 bridgehead atoms. The summed E-state index contributed by atoms with van der Waals surface area (Å²) in [5, 5.41) is 13.4. The number of carbonyl (C=O) groups is 2. The lowest BCUT2D eigenvalue weighted by Gasteiger charge is -2.32. The lowest BCUT2D eigenvalue weighted by Crippen LogP contribution is -2.40. The average Bonchev–Trinajstić information content (AvgIpc) is 3.03. The number of aromatic carboxylic acids is 1. The van der Waals surface area contributed by atoms with Crippen molar-refractivity contribution in [3.05, 3.63) is 47.3 Å². The number of hydrogen-bond donors (Lipinski definition) is 1. The fourth-order valence-corrected chi connectivity index (χ4v) is 3.65. The molecule has 2 heterocycles. The highest BCUT2D eigenvalue weighted by Crippen LogP contribution is 2.25. The first-order valence-electron chi connectivity index (χ1n) is 9.66. The first-order chi connectivity index (χ1) is 13.3. The van der Waals surface area contributed by atoms with Gasteiger partial charge in [0.15, 0.2) is 0 Å². The first-order valence-corrected chi connectivity index (χ1v) is 9.66. The second-order valence-corrected chi connectivity index (χ2v) is 7.50. The Labute approximate surface area is 164 Å². The normalized spacial score (nSPS) is 15.1. The molecule has 1 aromatic heterocycles. The van der Waals surface area contributed by atoms with E-state index in [1.165, 1.54) is 6.20 Å². The molecular weight excluding hydrogens is 358 g/mol. The maximum Gasteiger partial charge on any atom is 0.339 e. The summed E-state index contributed by atoms with van der Waals surface area (Å²) in [5.74, 6) is -0.0778. The molecule has 1 saturated heterocycles.